The maximum Gasteiger partial charge on any atom is 0.306 e. The number of nitrogens with one attached hydrogen (secondary N) is 2. The molecule has 3 rings (SSSR count). The zero-order valence-electron chi connectivity index (χ0n) is 12.9. The highest BCUT2D eigenvalue weighted by Crippen LogP contribution is 2.32. The van der Waals surface area contributed by atoms with Gasteiger partial charge in [0, 0.05) is 28.8 Å². The lowest BCUT2D eigenvalue weighted by Gasteiger charge is -2.17. The number of pyridine rings is 1. The molecule has 118 valence electrons. The van der Waals surface area contributed by atoms with Gasteiger partial charge in [-0.15, -0.1) is 0 Å². The summed E-state index contributed by atoms with van der Waals surface area (Å²) >= 11 is 0. The van der Waals surface area contributed by atoms with Crippen LogP contribution in [0.15, 0.2) is 41.3 Å². The normalized spacial score (nSPS) is 12.3. The van der Waals surface area contributed by atoms with E-state index in [-0.39, 0.29) is 17.9 Å². The summed E-state index contributed by atoms with van der Waals surface area (Å²) < 4.78 is 4.81. The molecule has 23 heavy (non-hydrogen) atoms. The molecule has 2 aromatic heterocycles. The van der Waals surface area contributed by atoms with Crippen molar-refractivity contribution in [3.05, 3.63) is 63.7 Å². The van der Waals surface area contributed by atoms with E-state index in [1.54, 1.807) is 13.1 Å². The number of hydrogen-bond acceptors (Lipinski definition) is 4. The molecule has 0 spiro atoms. The smallest absolute Gasteiger partial charge is 0.306 e. The van der Waals surface area contributed by atoms with Gasteiger partial charge in [0.25, 0.3) is 5.56 Å². The van der Waals surface area contributed by atoms with Crippen LogP contribution in [-0.4, -0.2) is 28.3 Å². The molecular formula is C17H17N3O3. The highest BCUT2D eigenvalue weighted by atomic mass is 16.5. The highest BCUT2D eigenvalue weighted by molar-refractivity contribution is 5.83. The van der Waals surface area contributed by atoms with Gasteiger partial charge in [0.15, 0.2) is 0 Å². The molecule has 0 radical (unpaired) electrons. The van der Waals surface area contributed by atoms with Crippen LogP contribution < -0.4 is 5.56 Å². The van der Waals surface area contributed by atoms with Crippen LogP contribution in [0.4, 0.5) is 0 Å². The quantitative estimate of drug-likeness (QED) is 0.723. The lowest BCUT2D eigenvalue weighted by atomic mass is 9.87. The first-order valence-corrected chi connectivity index (χ1v) is 7.29. The summed E-state index contributed by atoms with van der Waals surface area (Å²) in [5.41, 5.74) is 2.63. The molecule has 2 N–H and O–H groups in total. The predicted octanol–water partition coefficient (Wildman–Crippen LogP) is 2.25. The third-order valence-corrected chi connectivity index (χ3v) is 4.00. The fraction of sp³-hybridized carbons (Fsp3) is 0.235. The van der Waals surface area contributed by atoms with Gasteiger partial charge in [-0.25, -0.2) is 0 Å². The van der Waals surface area contributed by atoms with E-state index in [0.29, 0.717) is 11.3 Å². The maximum atomic E-state index is 12.2. The van der Waals surface area contributed by atoms with E-state index in [2.05, 4.69) is 15.2 Å². The fourth-order valence-electron chi connectivity index (χ4n) is 2.90. The van der Waals surface area contributed by atoms with Crippen molar-refractivity contribution in [2.24, 2.45) is 0 Å². The molecule has 3 aromatic rings. The Bertz CT molecular complexity index is 905. The SMILES string of the molecule is COC(=O)C[C@H](c1c(C)[nH][nH]c1=O)c1cccc2cccnc12. The molecule has 1 aromatic carbocycles. The monoisotopic (exact) mass is 311 g/mol. The number of rotatable bonds is 4. The van der Waals surface area contributed by atoms with Crippen LogP contribution in [0.1, 0.15) is 29.2 Å². The molecule has 0 bridgehead atoms. The van der Waals surface area contributed by atoms with E-state index in [1.165, 1.54) is 7.11 Å². The van der Waals surface area contributed by atoms with E-state index < -0.39 is 5.92 Å². The van der Waals surface area contributed by atoms with Crippen LogP contribution >= 0.6 is 0 Å². The van der Waals surface area contributed by atoms with E-state index in [4.69, 9.17) is 4.74 Å². The fourth-order valence-corrected chi connectivity index (χ4v) is 2.90. The average molecular weight is 311 g/mol. The minimum Gasteiger partial charge on any atom is -0.469 e. The van der Waals surface area contributed by atoms with Crippen molar-refractivity contribution < 1.29 is 9.53 Å². The third-order valence-electron chi connectivity index (χ3n) is 4.00. The molecule has 0 saturated heterocycles. The van der Waals surface area contributed by atoms with Gasteiger partial charge in [-0.1, -0.05) is 24.3 Å². The summed E-state index contributed by atoms with van der Waals surface area (Å²) in [5.74, 6) is -0.793. The van der Waals surface area contributed by atoms with Gasteiger partial charge < -0.3 is 9.84 Å². The number of benzene rings is 1. The van der Waals surface area contributed by atoms with Crippen LogP contribution in [0, 0.1) is 6.92 Å². The number of hydrogen-bond donors (Lipinski definition) is 2. The lowest BCUT2D eigenvalue weighted by Crippen LogP contribution is -2.17. The van der Waals surface area contributed by atoms with Gasteiger partial charge in [-0.05, 0) is 18.6 Å². The summed E-state index contributed by atoms with van der Waals surface area (Å²) in [6, 6.07) is 9.56. The number of fused-ring (bicyclic) bond motifs is 1. The topological polar surface area (TPSA) is 87.8 Å². The van der Waals surface area contributed by atoms with Crippen molar-refractivity contribution in [1.82, 2.24) is 15.2 Å². The Hall–Kier alpha value is -2.89. The molecule has 1 atom stereocenters. The molecule has 0 aliphatic carbocycles. The van der Waals surface area contributed by atoms with E-state index >= 15 is 0 Å². The van der Waals surface area contributed by atoms with Gasteiger partial charge in [0.2, 0.25) is 0 Å². The number of H-pyrrole nitrogens is 2. The summed E-state index contributed by atoms with van der Waals surface area (Å²) in [5, 5.41) is 6.35. The van der Waals surface area contributed by atoms with Gasteiger partial charge in [-0.2, -0.15) is 0 Å². The first-order valence-electron chi connectivity index (χ1n) is 7.29. The number of aryl methyl sites for hydroxylation is 1. The van der Waals surface area contributed by atoms with E-state index in [1.807, 2.05) is 30.3 Å². The molecular weight excluding hydrogens is 294 g/mol. The first kappa shape index (κ1) is 15.0. The Balaban J connectivity index is 2.22. The summed E-state index contributed by atoms with van der Waals surface area (Å²) in [7, 11) is 1.34. The molecule has 0 unspecified atom stereocenters. The molecule has 0 aliphatic rings. The minimum absolute atomic E-state index is 0.0773. The molecule has 6 heteroatoms. The van der Waals surface area contributed by atoms with Crippen molar-refractivity contribution in [3.8, 4) is 0 Å². The Morgan fingerprint density at radius 1 is 1.26 bits per heavy atom. The number of aromatic amines is 2. The second-order valence-corrected chi connectivity index (χ2v) is 5.37. The van der Waals surface area contributed by atoms with Crippen molar-refractivity contribution in [2.75, 3.05) is 7.11 Å². The van der Waals surface area contributed by atoms with Crippen LogP contribution in [0.5, 0.6) is 0 Å². The molecule has 0 saturated carbocycles. The number of nitrogens with zero attached hydrogens (tertiary/aromatic N) is 1. The second-order valence-electron chi connectivity index (χ2n) is 5.37. The molecule has 6 nitrogen and oxygen atoms in total. The van der Waals surface area contributed by atoms with Crippen LogP contribution in [0.3, 0.4) is 0 Å². The number of carbonyl (C=O) groups excluding carboxylic acids is 1. The minimum atomic E-state index is -0.420. The number of ether oxygens (including phenoxy) is 1. The summed E-state index contributed by atoms with van der Waals surface area (Å²) in [6.45, 7) is 1.80. The second kappa shape index (κ2) is 6.08. The average Bonchev–Trinajstić information content (AvgIpc) is 2.91. The van der Waals surface area contributed by atoms with Crippen molar-refractivity contribution in [1.29, 1.82) is 0 Å². The number of para-hydroxylation sites is 1. The van der Waals surface area contributed by atoms with E-state index in [0.717, 1.165) is 16.5 Å². The third kappa shape index (κ3) is 2.75. The highest BCUT2D eigenvalue weighted by Gasteiger charge is 2.26. The molecule has 2 heterocycles. The number of carbonyl (C=O) groups is 1. The largest absolute Gasteiger partial charge is 0.469 e. The van der Waals surface area contributed by atoms with Gasteiger partial charge in [0.1, 0.15) is 0 Å². The Kier molecular flexibility index (Phi) is 3.97. The van der Waals surface area contributed by atoms with E-state index in [9.17, 15) is 9.59 Å². The van der Waals surface area contributed by atoms with Gasteiger partial charge in [-0.3, -0.25) is 19.7 Å². The van der Waals surface area contributed by atoms with Crippen molar-refractivity contribution in [3.63, 3.8) is 0 Å². The summed E-state index contributed by atoms with van der Waals surface area (Å²) in [6.07, 6.45) is 1.78. The molecule has 0 aliphatic heterocycles. The van der Waals surface area contributed by atoms with Crippen LogP contribution in [0.25, 0.3) is 10.9 Å². The Labute approximate surface area is 132 Å². The molecule has 0 fully saturated rings. The number of esters is 1. The Morgan fingerprint density at radius 3 is 2.74 bits per heavy atom. The van der Waals surface area contributed by atoms with Gasteiger partial charge in [0.05, 0.1) is 19.0 Å². The number of aromatic nitrogens is 3. The Morgan fingerprint density at radius 2 is 2.04 bits per heavy atom. The number of methoxy groups -OCH3 is 1. The maximum absolute atomic E-state index is 12.2. The standard InChI is InChI=1S/C17H17N3O3/c1-10-15(17(22)20-19-10)13(9-14(21)23-2)12-7-3-5-11-6-4-8-18-16(11)12/h3-8,13H,9H2,1-2H3,(H2,19,20,22)/t13-/m0/s1. The zero-order chi connectivity index (χ0) is 16.4. The van der Waals surface area contributed by atoms with Crippen LogP contribution in [0.2, 0.25) is 0 Å². The summed E-state index contributed by atoms with van der Waals surface area (Å²) in [4.78, 5) is 28.5. The molecule has 0 amide bonds. The zero-order valence-corrected chi connectivity index (χ0v) is 12.9. The first-order chi connectivity index (χ1) is 11.1. The van der Waals surface area contributed by atoms with Crippen LogP contribution in [-0.2, 0) is 9.53 Å². The van der Waals surface area contributed by atoms with Crippen molar-refractivity contribution in [2.45, 2.75) is 19.3 Å². The van der Waals surface area contributed by atoms with Crippen molar-refractivity contribution >= 4 is 16.9 Å². The lowest BCUT2D eigenvalue weighted by molar-refractivity contribution is -0.140. The van der Waals surface area contributed by atoms with Gasteiger partial charge >= 0.3 is 5.97 Å². The predicted molar refractivity (Wildman–Crippen MR) is 86.4 cm³/mol.